The van der Waals surface area contributed by atoms with Crippen molar-refractivity contribution in [2.24, 2.45) is 0 Å². The minimum atomic E-state index is -0.524. The molecule has 10 aliphatic rings. The van der Waals surface area contributed by atoms with Gasteiger partial charge in [-0.3, -0.25) is 0 Å². The Morgan fingerprint density at radius 3 is 1.31 bits per heavy atom. The molecule has 0 amide bonds. The number of para-hydroxylation sites is 2. The zero-order chi connectivity index (χ0) is 82.4. The van der Waals surface area contributed by atoms with Gasteiger partial charge in [0.1, 0.15) is 0 Å². The number of rotatable bonds is 7. The van der Waals surface area contributed by atoms with Crippen LogP contribution in [-0.4, -0.2) is 24.8 Å². The van der Waals surface area contributed by atoms with Crippen molar-refractivity contribution in [1.29, 1.82) is 0 Å². The summed E-state index contributed by atoms with van der Waals surface area (Å²) in [5.74, 6) is 0. The maximum absolute atomic E-state index is 2.95. The van der Waals surface area contributed by atoms with E-state index in [2.05, 4.69) is 384 Å². The molecule has 0 N–H and O–H groups in total. The van der Waals surface area contributed by atoms with E-state index >= 15 is 0 Å². The molecule has 0 saturated heterocycles. The van der Waals surface area contributed by atoms with E-state index in [1.165, 1.54) is 256 Å². The molecular weight excluding hydrogens is 1460 g/mol. The molecule has 2 fully saturated rings. The van der Waals surface area contributed by atoms with Crippen molar-refractivity contribution < 1.29 is 0 Å². The monoisotopic (exact) mass is 1560 g/mol. The van der Waals surface area contributed by atoms with Crippen molar-refractivity contribution in [2.75, 3.05) is 19.4 Å². The van der Waals surface area contributed by atoms with Crippen molar-refractivity contribution >= 4 is 81.0 Å². The van der Waals surface area contributed by atoms with E-state index in [-0.39, 0.29) is 46.4 Å². The van der Waals surface area contributed by atoms with Gasteiger partial charge in [-0.05, 0) is 306 Å². The molecule has 14 aromatic carbocycles. The van der Waals surface area contributed by atoms with Crippen molar-refractivity contribution in [3.05, 3.63) is 344 Å². The van der Waals surface area contributed by atoms with Crippen LogP contribution in [-0.2, 0) is 33.5 Å². The minimum absolute atomic E-state index is 0.0432. The predicted octanol–water partition coefficient (Wildman–Crippen LogP) is 26.7. The molecule has 14 aromatic rings. The summed E-state index contributed by atoms with van der Waals surface area (Å²) in [6, 6.07) is 104. The third-order valence-corrected chi connectivity index (χ3v) is 32.5. The second-order valence-electron chi connectivity index (χ2n) is 41.1. The average molecular weight is 1570 g/mol. The van der Waals surface area contributed by atoms with E-state index < -0.39 is 5.41 Å². The lowest BCUT2D eigenvalue weighted by molar-refractivity contribution is 0.195. The Morgan fingerprint density at radius 1 is 0.314 bits per heavy atom. The molecule has 2 saturated carbocycles. The molecule has 0 radical (unpaired) electrons. The van der Waals surface area contributed by atoms with Crippen LogP contribution in [0.25, 0.3) is 77.9 Å². The molecule has 24 rings (SSSR count). The summed E-state index contributed by atoms with van der Waals surface area (Å²) >= 11 is 0. The van der Waals surface area contributed by atoms with Gasteiger partial charge >= 0.3 is 13.7 Å². The van der Waals surface area contributed by atoms with Crippen molar-refractivity contribution in [3.63, 3.8) is 0 Å². The Bertz CT molecular complexity index is 6800. The number of anilines is 8. The average Bonchev–Trinajstić information content (AvgIpc) is 1.57. The SMILES string of the molecule is Cc1cc(C)c(-c2cc3c4c(c2)N2c5c(cc(C(C)(C)C)cc5C5(C)CCCCC25C)B4N(c2ccc(-c4ccc(Cc5cc(C)c(-c6cc7c8c(c6)N6c9c(cc(C(C)(C)C)cc9C9(C)CCCCC69C)B8N6c8ccccc8C8(c9ccccc9-c9ccccc98)c8cccc-7c86)c(C)c5)cc4)cc2)c2cc(-c4ccccc4)ccc2-3)c(C)c1. The van der Waals surface area contributed by atoms with Crippen molar-refractivity contribution in [3.8, 4) is 77.9 Å². The smallest absolute Gasteiger partial charge is 0.333 e. The molecule has 4 nitrogen and oxygen atoms in total. The van der Waals surface area contributed by atoms with Gasteiger partial charge in [0.05, 0.1) is 16.5 Å². The van der Waals surface area contributed by atoms with Crippen LogP contribution >= 0.6 is 0 Å². The lowest BCUT2D eigenvalue weighted by atomic mass is 9.41. The Morgan fingerprint density at radius 2 is 0.760 bits per heavy atom. The van der Waals surface area contributed by atoms with E-state index in [1.807, 2.05) is 0 Å². The van der Waals surface area contributed by atoms with Gasteiger partial charge in [0.15, 0.2) is 0 Å². The van der Waals surface area contributed by atoms with Crippen LogP contribution in [0.1, 0.15) is 204 Å². The topological polar surface area (TPSA) is 13.0 Å². The number of nitrogens with zero attached hydrogens (tertiary/aromatic N) is 4. The Hall–Kier alpha value is -11.6. The first-order chi connectivity index (χ1) is 58.3. The molecule has 0 aromatic heterocycles. The molecule has 3 aliphatic carbocycles. The first-order valence-electron chi connectivity index (χ1n) is 45.2. The standard InChI is InChI=1S/C115H106B2N4/c1-68-54-69(2)102(70(3)55-68)79-59-88-86-49-46-78(75-30-17-16-18-31-75)61-99(86)120(116-96-66-81(109(6,7)8)64-94-107(96)118(100(62-79)104(88)116)113(14)52-27-25-50-111(94,113)12)83-47-44-77(45-48-83)76-42-40-73(41-43-76)58-74-56-71(4)103(72(5)57-74)80-60-89-87-34-29-38-93-106(87)121(98-39-24-23-37-92(98)115(93)90-35-21-19-32-84(90)85-33-20-22-36-91(85)115)117-97-67-82(110(9,10)11)65-95-108(97)119(101(63-80)105(89)117)114(15)53-28-26-51-112(95,114)13/h16-24,29-49,54-57,59-67H,25-28,50-53,58H2,1-15H3. The quantitative estimate of drug-likeness (QED) is 0.147. The van der Waals surface area contributed by atoms with Gasteiger partial charge in [-0.15, -0.1) is 0 Å². The van der Waals surface area contributed by atoms with Crippen molar-refractivity contribution in [1.82, 2.24) is 0 Å². The molecule has 1 spiro atoms. The molecular formula is C115H106B2N4. The minimum Gasteiger partial charge on any atom is -0.376 e. The molecule has 4 atom stereocenters. The van der Waals surface area contributed by atoms with E-state index in [4.69, 9.17) is 0 Å². The van der Waals surface area contributed by atoms with Crippen LogP contribution in [0.15, 0.2) is 261 Å². The van der Waals surface area contributed by atoms with Gasteiger partial charge in [0.2, 0.25) is 0 Å². The highest BCUT2D eigenvalue weighted by Gasteiger charge is 2.66. The summed E-state index contributed by atoms with van der Waals surface area (Å²) < 4.78 is 0. The van der Waals surface area contributed by atoms with Crippen LogP contribution in [0.4, 0.5) is 45.5 Å². The highest BCUT2D eigenvalue weighted by molar-refractivity contribution is 6.94. The summed E-state index contributed by atoms with van der Waals surface area (Å²) in [6.07, 6.45) is 10.4. The fourth-order valence-electron chi connectivity index (χ4n) is 26.5. The summed E-state index contributed by atoms with van der Waals surface area (Å²) in [7, 11) is 0. The summed E-state index contributed by atoms with van der Waals surface area (Å²) in [4.78, 5) is 11.5. The fraction of sp³-hybridized carbons (Fsp3) is 0.270. The number of hydrogen-bond donors (Lipinski definition) is 0. The summed E-state index contributed by atoms with van der Waals surface area (Å²) in [5, 5.41) is 0. The zero-order valence-corrected chi connectivity index (χ0v) is 73.1. The van der Waals surface area contributed by atoms with E-state index in [0.717, 1.165) is 19.3 Å². The van der Waals surface area contributed by atoms with Gasteiger partial charge < -0.3 is 19.4 Å². The zero-order valence-electron chi connectivity index (χ0n) is 73.1. The molecule has 7 heterocycles. The van der Waals surface area contributed by atoms with Crippen molar-refractivity contribution in [2.45, 2.75) is 200 Å². The first kappa shape index (κ1) is 73.3. The molecule has 0 bridgehead atoms. The van der Waals surface area contributed by atoms with Gasteiger partial charge in [-0.1, -0.05) is 299 Å². The maximum atomic E-state index is 2.95. The predicted molar refractivity (Wildman–Crippen MR) is 513 cm³/mol. The Balaban J connectivity index is 0.618. The number of hydrogen-bond acceptors (Lipinski definition) is 4. The lowest BCUT2D eigenvalue weighted by Crippen LogP contribution is -2.65. The first-order valence-corrected chi connectivity index (χ1v) is 45.2. The molecule has 592 valence electrons. The molecule has 7 aliphatic heterocycles. The number of benzene rings is 14. The molecule has 4 unspecified atom stereocenters. The normalized spacial score (nSPS) is 20.7. The van der Waals surface area contributed by atoms with Gasteiger partial charge in [-0.25, -0.2) is 0 Å². The number of aryl methyl sites for hydroxylation is 5. The number of fused-ring (bicyclic) bond motifs is 23. The van der Waals surface area contributed by atoms with Crippen LogP contribution in [0.5, 0.6) is 0 Å². The lowest BCUT2D eigenvalue weighted by Gasteiger charge is -2.55. The van der Waals surface area contributed by atoms with Gasteiger partial charge in [0, 0.05) is 67.5 Å². The highest BCUT2D eigenvalue weighted by atomic mass is 15.3. The van der Waals surface area contributed by atoms with Crippen LogP contribution in [0.2, 0.25) is 0 Å². The highest BCUT2D eigenvalue weighted by Crippen LogP contribution is 2.69. The van der Waals surface area contributed by atoms with Gasteiger partial charge in [0.25, 0.3) is 0 Å². The third-order valence-electron chi connectivity index (χ3n) is 32.5. The van der Waals surface area contributed by atoms with Crippen LogP contribution in [0.3, 0.4) is 0 Å². The fourth-order valence-corrected chi connectivity index (χ4v) is 26.5. The second-order valence-corrected chi connectivity index (χ2v) is 41.1. The molecule has 121 heavy (non-hydrogen) atoms. The Labute approximate surface area is 717 Å². The van der Waals surface area contributed by atoms with Crippen LogP contribution < -0.4 is 41.3 Å². The summed E-state index contributed by atoms with van der Waals surface area (Å²) in [6.45, 7) is 36.7. The second kappa shape index (κ2) is 25.1. The summed E-state index contributed by atoms with van der Waals surface area (Å²) in [5.41, 5.74) is 54.4. The Kier molecular flexibility index (Phi) is 15.2. The largest absolute Gasteiger partial charge is 0.376 e. The maximum Gasteiger partial charge on any atom is 0.333 e. The van der Waals surface area contributed by atoms with E-state index in [1.54, 1.807) is 11.1 Å². The molecule has 6 heteroatoms. The third kappa shape index (κ3) is 9.66. The van der Waals surface area contributed by atoms with Crippen LogP contribution in [0, 0.1) is 34.6 Å². The van der Waals surface area contributed by atoms with E-state index in [9.17, 15) is 0 Å². The van der Waals surface area contributed by atoms with E-state index in [0.29, 0.717) is 0 Å². The van der Waals surface area contributed by atoms with Gasteiger partial charge in [-0.2, -0.15) is 0 Å².